The Balaban J connectivity index is 2.10. The summed E-state index contributed by atoms with van der Waals surface area (Å²) >= 11 is 6.11. The van der Waals surface area contributed by atoms with Crippen molar-refractivity contribution in [3.8, 4) is 11.5 Å². The van der Waals surface area contributed by atoms with Crippen LogP contribution in [-0.4, -0.2) is 33.5 Å². The largest absolute Gasteiger partial charge is 0.495 e. The highest BCUT2D eigenvalue weighted by Gasteiger charge is 2.29. The van der Waals surface area contributed by atoms with E-state index < -0.39 is 0 Å². The van der Waals surface area contributed by atoms with E-state index in [0.29, 0.717) is 22.9 Å². The summed E-state index contributed by atoms with van der Waals surface area (Å²) in [6.07, 6.45) is 2.37. The molecule has 4 nitrogen and oxygen atoms in total. The summed E-state index contributed by atoms with van der Waals surface area (Å²) in [6.45, 7) is 0. The molecule has 5 heteroatoms. The molecule has 1 saturated carbocycles. The van der Waals surface area contributed by atoms with Gasteiger partial charge in [0, 0.05) is 19.2 Å². The monoisotopic (exact) mass is 271 g/mol. The first-order valence-electron chi connectivity index (χ1n) is 5.88. The Morgan fingerprint density at radius 1 is 1.11 bits per heavy atom. The SMILES string of the molecule is COc1cc(OC)c(NC2CC(OC)C2)cc1Cl. The summed E-state index contributed by atoms with van der Waals surface area (Å²) in [5.74, 6) is 1.35. The molecule has 0 saturated heterocycles. The standard InChI is InChI=1S/C13H18ClNO3/c1-16-9-4-8(5-9)15-11-6-10(14)12(17-2)7-13(11)18-3/h6-9,15H,4-5H2,1-3H3. The van der Waals surface area contributed by atoms with Crippen LogP contribution in [0.15, 0.2) is 12.1 Å². The minimum Gasteiger partial charge on any atom is -0.495 e. The van der Waals surface area contributed by atoms with E-state index in [2.05, 4.69) is 5.32 Å². The highest BCUT2D eigenvalue weighted by Crippen LogP contribution is 2.38. The van der Waals surface area contributed by atoms with Crippen molar-refractivity contribution in [2.75, 3.05) is 26.6 Å². The number of anilines is 1. The van der Waals surface area contributed by atoms with Crippen molar-refractivity contribution in [2.45, 2.75) is 25.0 Å². The lowest BCUT2D eigenvalue weighted by Crippen LogP contribution is -2.40. The van der Waals surface area contributed by atoms with Crippen LogP contribution in [0.25, 0.3) is 0 Å². The van der Waals surface area contributed by atoms with Gasteiger partial charge in [-0.2, -0.15) is 0 Å². The normalized spacial score (nSPS) is 22.2. The van der Waals surface area contributed by atoms with Gasteiger partial charge in [-0.15, -0.1) is 0 Å². The smallest absolute Gasteiger partial charge is 0.145 e. The average molecular weight is 272 g/mol. The van der Waals surface area contributed by atoms with E-state index in [1.807, 2.05) is 6.07 Å². The fraction of sp³-hybridized carbons (Fsp3) is 0.538. The molecular weight excluding hydrogens is 254 g/mol. The molecule has 0 heterocycles. The van der Waals surface area contributed by atoms with Crippen molar-refractivity contribution in [2.24, 2.45) is 0 Å². The molecule has 2 rings (SSSR count). The fourth-order valence-corrected chi connectivity index (χ4v) is 2.31. The zero-order valence-corrected chi connectivity index (χ0v) is 11.6. The highest BCUT2D eigenvalue weighted by atomic mass is 35.5. The number of benzene rings is 1. The van der Waals surface area contributed by atoms with Gasteiger partial charge in [0.05, 0.1) is 31.0 Å². The molecule has 1 aromatic rings. The van der Waals surface area contributed by atoms with E-state index in [1.165, 1.54) is 0 Å². The van der Waals surface area contributed by atoms with Gasteiger partial charge in [-0.25, -0.2) is 0 Å². The predicted octanol–water partition coefficient (Wildman–Crippen LogP) is 2.95. The predicted molar refractivity (Wildman–Crippen MR) is 72.0 cm³/mol. The minimum atomic E-state index is 0.363. The van der Waals surface area contributed by atoms with Gasteiger partial charge in [-0.3, -0.25) is 0 Å². The first-order valence-corrected chi connectivity index (χ1v) is 6.26. The molecule has 0 aromatic heterocycles. The number of ether oxygens (including phenoxy) is 3. The lowest BCUT2D eigenvalue weighted by molar-refractivity contribution is 0.0328. The number of nitrogens with one attached hydrogen (secondary N) is 1. The first kappa shape index (κ1) is 13.3. The van der Waals surface area contributed by atoms with Crippen molar-refractivity contribution >= 4 is 17.3 Å². The Morgan fingerprint density at radius 3 is 2.33 bits per heavy atom. The van der Waals surface area contributed by atoms with Gasteiger partial charge < -0.3 is 19.5 Å². The van der Waals surface area contributed by atoms with Crippen LogP contribution >= 0.6 is 11.6 Å². The van der Waals surface area contributed by atoms with Crippen LogP contribution in [0.2, 0.25) is 5.02 Å². The van der Waals surface area contributed by atoms with E-state index in [4.69, 9.17) is 25.8 Å². The van der Waals surface area contributed by atoms with Gasteiger partial charge in [0.15, 0.2) is 0 Å². The van der Waals surface area contributed by atoms with Crippen LogP contribution in [0.5, 0.6) is 11.5 Å². The summed E-state index contributed by atoms with van der Waals surface area (Å²) in [6, 6.07) is 4.03. The molecule has 0 bridgehead atoms. The molecule has 100 valence electrons. The van der Waals surface area contributed by atoms with E-state index in [1.54, 1.807) is 27.4 Å². The second kappa shape index (κ2) is 5.67. The van der Waals surface area contributed by atoms with Crippen LogP contribution in [0.4, 0.5) is 5.69 Å². The first-order chi connectivity index (χ1) is 8.67. The Bertz CT molecular complexity index is 419. The third-order valence-electron chi connectivity index (χ3n) is 3.26. The molecule has 0 aliphatic heterocycles. The van der Waals surface area contributed by atoms with Crippen molar-refractivity contribution in [3.63, 3.8) is 0 Å². The minimum absolute atomic E-state index is 0.363. The van der Waals surface area contributed by atoms with Crippen LogP contribution < -0.4 is 14.8 Å². The third-order valence-corrected chi connectivity index (χ3v) is 3.56. The molecule has 1 aromatic carbocycles. The maximum absolute atomic E-state index is 6.11. The van der Waals surface area contributed by atoms with Crippen molar-refractivity contribution in [1.29, 1.82) is 0 Å². The Morgan fingerprint density at radius 2 is 1.78 bits per heavy atom. The molecule has 1 N–H and O–H groups in total. The molecular formula is C13H18ClNO3. The number of hydrogen-bond acceptors (Lipinski definition) is 4. The van der Waals surface area contributed by atoms with E-state index in [-0.39, 0.29) is 0 Å². The lowest BCUT2D eigenvalue weighted by atomic mass is 9.89. The maximum Gasteiger partial charge on any atom is 0.145 e. The van der Waals surface area contributed by atoms with Gasteiger partial charge in [-0.1, -0.05) is 11.6 Å². The Labute approximate surface area is 112 Å². The number of methoxy groups -OCH3 is 3. The topological polar surface area (TPSA) is 39.7 Å². The molecule has 0 atom stereocenters. The second-order valence-corrected chi connectivity index (χ2v) is 4.76. The Hall–Kier alpha value is -1.13. The molecule has 18 heavy (non-hydrogen) atoms. The third kappa shape index (κ3) is 2.65. The van der Waals surface area contributed by atoms with Crippen LogP contribution in [-0.2, 0) is 4.74 Å². The zero-order valence-electron chi connectivity index (χ0n) is 10.8. The van der Waals surface area contributed by atoms with Gasteiger partial charge in [0.25, 0.3) is 0 Å². The molecule has 0 amide bonds. The summed E-state index contributed by atoms with van der Waals surface area (Å²) < 4.78 is 15.7. The van der Waals surface area contributed by atoms with Gasteiger partial charge >= 0.3 is 0 Å². The van der Waals surface area contributed by atoms with Gasteiger partial charge in [-0.05, 0) is 18.9 Å². The van der Waals surface area contributed by atoms with E-state index in [0.717, 1.165) is 24.3 Å². The van der Waals surface area contributed by atoms with Crippen molar-refractivity contribution in [1.82, 2.24) is 0 Å². The van der Waals surface area contributed by atoms with Crippen LogP contribution in [0.3, 0.4) is 0 Å². The molecule has 1 aliphatic carbocycles. The van der Waals surface area contributed by atoms with E-state index in [9.17, 15) is 0 Å². The van der Waals surface area contributed by atoms with Crippen LogP contribution in [0.1, 0.15) is 12.8 Å². The van der Waals surface area contributed by atoms with Crippen LogP contribution in [0, 0.1) is 0 Å². The Kier molecular flexibility index (Phi) is 4.19. The quantitative estimate of drug-likeness (QED) is 0.894. The van der Waals surface area contributed by atoms with Gasteiger partial charge in [0.2, 0.25) is 0 Å². The number of halogens is 1. The average Bonchev–Trinajstić information content (AvgIpc) is 2.33. The van der Waals surface area contributed by atoms with Gasteiger partial charge in [0.1, 0.15) is 11.5 Å². The summed E-state index contributed by atoms with van der Waals surface area (Å²) in [7, 11) is 4.96. The van der Waals surface area contributed by atoms with Crippen molar-refractivity contribution in [3.05, 3.63) is 17.2 Å². The maximum atomic E-state index is 6.11. The van der Waals surface area contributed by atoms with Crippen molar-refractivity contribution < 1.29 is 14.2 Å². The fourth-order valence-electron chi connectivity index (χ4n) is 2.07. The second-order valence-electron chi connectivity index (χ2n) is 4.36. The number of hydrogen-bond donors (Lipinski definition) is 1. The molecule has 0 radical (unpaired) electrons. The van der Waals surface area contributed by atoms with E-state index >= 15 is 0 Å². The molecule has 1 aliphatic rings. The lowest BCUT2D eigenvalue weighted by Gasteiger charge is -2.35. The summed E-state index contributed by atoms with van der Waals surface area (Å²) in [5, 5.41) is 3.98. The summed E-state index contributed by atoms with van der Waals surface area (Å²) in [4.78, 5) is 0. The number of rotatable bonds is 5. The molecule has 0 unspecified atom stereocenters. The zero-order chi connectivity index (χ0) is 13.1. The molecule has 1 fully saturated rings. The summed E-state index contributed by atoms with van der Waals surface area (Å²) in [5.41, 5.74) is 0.892. The highest BCUT2D eigenvalue weighted by molar-refractivity contribution is 6.32. The molecule has 0 spiro atoms.